The van der Waals surface area contributed by atoms with Crippen molar-refractivity contribution in [3.05, 3.63) is 45.1 Å². The molecule has 112 valence electrons. The largest absolute Gasteiger partial charge is 0.364 e. The molecule has 0 atom stereocenters. The van der Waals surface area contributed by atoms with E-state index in [9.17, 15) is 9.59 Å². The van der Waals surface area contributed by atoms with Crippen LogP contribution in [0.4, 0.5) is 5.69 Å². The summed E-state index contributed by atoms with van der Waals surface area (Å²) in [4.78, 5) is 27.0. The van der Waals surface area contributed by atoms with E-state index in [0.717, 1.165) is 17.1 Å². The summed E-state index contributed by atoms with van der Waals surface area (Å²) in [6, 6.07) is 1.61. The van der Waals surface area contributed by atoms with Gasteiger partial charge in [-0.05, 0) is 34.6 Å². The van der Waals surface area contributed by atoms with Crippen LogP contribution in [0.25, 0.3) is 0 Å². The summed E-state index contributed by atoms with van der Waals surface area (Å²) in [5.74, 6) is -0.425. The Balaban J connectivity index is 2.34. The molecular weight excluding hydrogens is 268 g/mol. The SMILES string of the molecule is Cc1cc(=O)c(C(=O)Nc2c(C)nn(C(C)C)c2C)c[nH]1. The third-order valence-electron chi connectivity index (χ3n) is 3.35. The minimum absolute atomic E-state index is 0.0942. The van der Waals surface area contributed by atoms with E-state index in [0.29, 0.717) is 5.69 Å². The molecule has 2 heterocycles. The normalized spacial score (nSPS) is 11.0. The summed E-state index contributed by atoms with van der Waals surface area (Å²) in [5, 5.41) is 7.20. The Hall–Kier alpha value is -2.37. The van der Waals surface area contributed by atoms with Gasteiger partial charge in [-0.3, -0.25) is 14.3 Å². The van der Waals surface area contributed by atoms with Gasteiger partial charge in [-0.1, -0.05) is 0 Å². The highest BCUT2D eigenvalue weighted by Gasteiger charge is 2.18. The molecule has 1 amide bonds. The Morgan fingerprint density at radius 3 is 2.52 bits per heavy atom. The fraction of sp³-hybridized carbons (Fsp3) is 0.400. The van der Waals surface area contributed by atoms with Crippen LogP contribution in [-0.2, 0) is 0 Å². The summed E-state index contributed by atoms with van der Waals surface area (Å²) in [5.41, 5.74) is 2.79. The van der Waals surface area contributed by atoms with E-state index in [-0.39, 0.29) is 17.0 Å². The Labute approximate surface area is 123 Å². The van der Waals surface area contributed by atoms with Crippen LogP contribution >= 0.6 is 0 Å². The highest BCUT2D eigenvalue weighted by molar-refractivity contribution is 6.04. The molecule has 6 nitrogen and oxygen atoms in total. The average Bonchev–Trinajstić information content (AvgIpc) is 2.66. The molecule has 0 aliphatic carbocycles. The van der Waals surface area contributed by atoms with Crippen LogP contribution in [-0.4, -0.2) is 20.7 Å². The summed E-state index contributed by atoms with van der Waals surface area (Å²) in [6.45, 7) is 9.55. The monoisotopic (exact) mass is 288 g/mol. The van der Waals surface area contributed by atoms with Crippen LogP contribution in [0.2, 0.25) is 0 Å². The van der Waals surface area contributed by atoms with E-state index in [2.05, 4.69) is 15.4 Å². The molecule has 2 N–H and O–H groups in total. The van der Waals surface area contributed by atoms with Crippen LogP contribution in [0.1, 0.15) is 47.3 Å². The molecule has 0 aromatic carbocycles. The number of carbonyl (C=O) groups excluding carboxylic acids is 1. The van der Waals surface area contributed by atoms with Gasteiger partial charge in [-0.15, -0.1) is 0 Å². The summed E-state index contributed by atoms with van der Waals surface area (Å²) in [6.07, 6.45) is 1.44. The molecule has 2 aromatic heterocycles. The molecule has 0 unspecified atom stereocenters. The van der Waals surface area contributed by atoms with Crippen molar-refractivity contribution < 1.29 is 4.79 Å². The number of aromatic nitrogens is 3. The molecule has 0 radical (unpaired) electrons. The van der Waals surface area contributed by atoms with Crippen molar-refractivity contribution in [1.29, 1.82) is 0 Å². The fourth-order valence-electron chi connectivity index (χ4n) is 2.28. The number of H-pyrrole nitrogens is 1. The molecule has 0 aliphatic heterocycles. The van der Waals surface area contributed by atoms with Gasteiger partial charge in [0.05, 0.1) is 17.1 Å². The first kappa shape index (κ1) is 15.0. The second-order valence-electron chi connectivity index (χ2n) is 5.43. The van der Waals surface area contributed by atoms with Crippen LogP contribution in [0, 0.1) is 20.8 Å². The highest BCUT2D eigenvalue weighted by Crippen LogP contribution is 2.22. The van der Waals surface area contributed by atoms with Crippen molar-refractivity contribution in [2.75, 3.05) is 5.32 Å². The van der Waals surface area contributed by atoms with Gasteiger partial charge in [-0.2, -0.15) is 5.10 Å². The third-order valence-corrected chi connectivity index (χ3v) is 3.35. The van der Waals surface area contributed by atoms with Crippen LogP contribution < -0.4 is 10.7 Å². The maximum atomic E-state index is 12.3. The molecule has 0 saturated heterocycles. The summed E-state index contributed by atoms with van der Waals surface area (Å²) in [7, 11) is 0. The van der Waals surface area contributed by atoms with E-state index >= 15 is 0 Å². The zero-order valence-corrected chi connectivity index (χ0v) is 12.9. The number of rotatable bonds is 3. The van der Waals surface area contributed by atoms with Gasteiger partial charge >= 0.3 is 0 Å². The van der Waals surface area contributed by atoms with Crippen molar-refractivity contribution in [2.24, 2.45) is 0 Å². The van der Waals surface area contributed by atoms with Gasteiger partial charge in [0.2, 0.25) is 0 Å². The van der Waals surface area contributed by atoms with E-state index in [1.54, 1.807) is 6.92 Å². The molecule has 2 aromatic rings. The van der Waals surface area contributed by atoms with E-state index < -0.39 is 5.91 Å². The molecule has 0 saturated carbocycles. The average molecular weight is 288 g/mol. The second kappa shape index (κ2) is 5.55. The number of carbonyl (C=O) groups is 1. The predicted octanol–water partition coefficient (Wildman–Crippen LogP) is 2.33. The van der Waals surface area contributed by atoms with Crippen LogP contribution in [0.3, 0.4) is 0 Å². The molecule has 0 fully saturated rings. The third kappa shape index (κ3) is 2.89. The fourth-order valence-corrected chi connectivity index (χ4v) is 2.28. The maximum Gasteiger partial charge on any atom is 0.261 e. The Bertz CT molecular complexity index is 741. The maximum absolute atomic E-state index is 12.3. The van der Waals surface area contributed by atoms with Gasteiger partial charge in [0.15, 0.2) is 5.43 Å². The predicted molar refractivity (Wildman–Crippen MR) is 81.8 cm³/mol. The van der Waals surface area contributed by atoms with Crippen LogP contribution in [0.15, 0.2) is 17.1 Å². The second-order valence-corrected chi connectivity index (χ2v) is 5.43. The first-order valence-corrected chi connectivity index (χ1v) is 6.87. The highest BCUT2D eigenvalue weighted by atomic mass is 16.2. The zero-order valence-electron chi connectivity index (χ0n) is 12.9. The van der Waals surface area contributed by atoms with Gasteiger partial charge in [0.1, 0.15) is 5.56 Å². The van der Waals surface area contributed by atoms with Crippen molar-refractivity contribution in [2.45, 2.75) is 40.7 Å². The first-order valence-electron chi connectivity index (χ1n) is 6.87. The Kier molecular flexibility index (Phi) is 3.97. The quantitative estimate of drug-likeness (QED) is 0.909. The number of aryl methyl sites for hydroxylation is 2. The number of amides is 1. The Morgan fingerprint density at radius 2 is 2.00 bits per heavy atom. The summed E-state index contributed by atoms with van der Waals surface area (Å²) < 4.78 is 1.85. The standard InChI is InChI=1S/C15H20N4O2/c1-8(2)19-11(5)14(10(4)18-19)17-15(21)12-7-16-9(3)6-13(12)20/h6-8H,1-5H3,(H,16,20)(H,17,21). The Morgan fingerprint density at radius 1 is 1.33 bits per heavy atom. The van der Waals surface area contributed by atoms with E-state index in [1.165, 1.54) is 12.3 Å². The molecule has 6 heteroatoms. The zero-order chi connectivity index (χ0) is 15.7. The lowest BCUT2D eigenvalue weighted by molar-refractivity contribution is 0.102. The number of hydrogen-bond donors (Lipinski definition) is 2. The van der Waals surface area contributed by atoms with E-state index in [4.69, 9.17) is 0 Å². The number of hydrogen-bond acceptors (Lipinski definition) is 3. The number of nitrogens with zero attached hydrogens (tertiary/aromatic N) is 2. The van der Waals surface area contributed by atoms with E-state index in [1.807, 2.05) is 32.4 Å². The summed E-state index contributed by atoms with van der Waals surface area (Å²) >= 11 is 0. The van der Waals surface area contributed by atoms with Gasteiger partial charge in [0, 0.05) is 24.0 Å². The molecular formula is C15H20N4O2. The smallest absolute Gasteiger partial charge is 0.261 e. The van der Waals surface area contributed by atoms with Gasteiger partial charge in [-0.25, -0.2) is 0 Å². The molecule has 0 spiro atoms. The molecule has 2 rings (SSSR count). The van der Waals surface area contributed by atoms with Gasteiger partial charge in [0.25, 0.3) is 5.91 Å². The number of nitrogens with one attached hydrogen (secondary N) is 2. The molecule has 0 bridgehead atoms. The van der Waals surface area contributed by atoms with Crippen LogP contribution in [0.5, 0.6) is 0 Å². The first-order chi connectivity index (χ1) is 9.81. The lowest BCUT2D eigenvalue weighted by Gasteiger charge is -2.09. The number of aromatic amines is 1. The lowest BCUT2D eigenvalue weighted by atomic mass is 10.2. The van der Waals surface area contributed by atoms with Crippen molar-refractivity contribution in [1.82, 2.24) is 14.8 Å². The minimum Gasteiger partial charge on any atom is -0.364 e. The molecule has 0 aliphatic rings. The number of pyridine rings is 1. The topological polar surface area (TPSA) is 79.8 Å². The van der Waals surface area contributed by atoms with Crippen molar-refractivity contribution >= 4 is 11.6 Å². The lowest BCUT2D eigenvalue weighted by Crippen LogP contribution is -2.22. The number of anilines is 1. The van der Waals surface area contributed by atoms with Crippen molar-refractivity contribution in [3.8, 4) is 0 Å². The minimum atomic E-state index is -0.425. The van der Waals surface area contributed by atoms with Gasteiger partial charge < -0.3 is 10.3 Å². The molecule has 21 heavy (non-hydrogen) atoms. The van der Waals surface area contributed by atoms with Crippen molar-refractivity contribution in [3.63, 3.8) is 0 Å².